The van der Waals surface area contributed by atoms with Crippen LogP contribution < -0.4 is 9.13 Å². The van der Waals surface area contributed by atoms with Crippen LogP contribution in [0, 0.1) is 0 Å². The molecule has 4 rings (SSSR count). The summed E-state index contributed by atoms with van der Waals surface area (Å²) in [5.41, 5.74) is 2.59. The number of H-pyrrole nitrogens is 2. The lowest BCUT2D eigenvalue weighted by atomic mass is 10.1. The molecule has 0 amide bonds. The van der Waals surface area contributed by atoms with E-state index in [0.29, 0.717) is 0 Å². The van der Waals surface area contributed by atoms with Crippen molar-refractivity contribution in [1.82, 2.24) is 9.97 Å². The van der Waals surface area contributed by atoms with Gasteiger partial charge >= 0.3 is 0 Å². The van der Waals surface area contributed by atoms with Gasteiger partial charge in [0.1, 0.15) is 24.8 Å². The van der Waals surface area contributed by atoms with Crippen molar-refractivity contribution in [2.45, 2.75) is 12.8 Å². The maximum absolute atomic E-state index is 8.52. The van der Waals surface area contributed by atoms with Gasteiger partial charge in [0.15, 0.2) is 0 Å². The molecule has 33 heavy (non-hydrogen) atoms. The van der Waals surface area contributed by atoms with Crippen molar-refractivity contribution >= 4 is 22.8 Å². The van der Waals surface area contributed by atoms with Gasteiger partial charge in [0, 0.05) is 10.4 Å². The Labute approximate surface area is 193 Å². The first-order valence-corrected chi connectivity index (χ1v) is 11.3. The normalized spacial score (nSPS) is 10.2. The Bertz CT molecular complexity index is 1140. The van der Waals surface area contributed by atoms with Crippen molar-refractivity contribution in [3.63, 3.8) is 0 Å². The highest BCUT2D eigenvalue weighted by molar-refractivity contribution is 7.79. The Morgan fingerprint density at radius 2 is 1.06 bits per heavy atom. The first kappa shape index (κ1) is 25.5. The number of hydrogen-bond donors (Lipinski definition) is 2. The van der Waals surface area contributed by atoms with Crippen molar-refractivity contribution in [2.24, 2.45) is 0 Å². The Kier molecular flexibility index (Phi) is 9.97. The first-order chi connectivity index (χ1) is 15.8. The minimum absolute atomic E-state index is 0.903. The number of nitrogens with one attached hydrogen (secondary N) is 2. The molecule has 4 aromatic rings. The average molecular weight is 467 g/mol. The molecule has 0 atom stereocenters. The maximum Gasteiger partial charge on any atom is 0.263 e. The number of imidazole rings is 2. The van der Waals surface area contributed by atoms with E-state index < -0.39 is 10.4 Å². The molecule has 0 bridgehead atoms. The minimum atomic E-state index is -5.17. The van der Waals surface area contributed by atoms with Gasteiger partial charge in [-0.1, -0.05) is 73.8 Å². The SMILES string of the molecule is C=C[n+]1cc[nH]c1Cc1ccccc1.C=C[n+]1cc[nH]c1Cc1ccccc1.O=S(=O)([O-])[O-]. The van der Waals surface area contributed by atoms with Crippen LogP contribution in [-0.4, -0.2) is 27.5 Å². The molecule has 2 heterocycles. The van der Waals surface area contributed by atoms with Gasteiger partial charge in [0.25, 0.3) is 11.6 Å². The first-order valence-electron chi connectivity index (χ1n) is 9.94. The standard InChI is InChI=1S/2C12H12N2.H2O4S/c2*1-2-14-9-8-13-12(14)10-11-6-4-3-5-7-11;1-5(2,3)4/h2*2-9H,1,10H2;(H2,1,2,3,4). The molecular formula is C24H26N4O4S. The number of benzene rings is 2. The summed E-state index contributed by atoms with van der Waals surface area (Å²) >= 11 is 0. The lowest BCUT2D eigenvalue weighted by molar-refractivity contribution is -0.575. The van der Waals surface area contributed by atoms with Gasteiger partial charge in [0.2, 0.25) is 0 Å². The fourth-order valence-electron chi connectivity index (χ4n) is 2.96. The molecular weight excluding hydrogens is 440 g/mol. The van der Waals surface area contributed by atoms with Gasteiger partial charge in [0.05, 0.1) is 25.2 Å². The number of nitrogens with zero attached hydrogens (tertiary/aromatic N) is 2. The summed E-state index contributed by atoms with van der Waals surface area (Å²) in [6.45, 7) is 7.50. The van der Waals surface area contributed by atoms with Crippen LogP contribution in [0.15, 0.2) is 98.6 Å². The van der Waals surface area contributed by atoms with E-state index in [-0.39, 0.29) is 0 Å². The van der Waals surface area contributed by atoms with E-state index in [1.54, 1.807) is 12.4 Å². The molecule has 2 aromatic heterocycles. The van der Waals surface area contributed by atoms with Gasteiger partial charge in [-0.3, -0.25) is 8.42 Å². The lowest BCUT2D eigenvalue weighted by Crippen LogP contribution is -2.28. The van der Waals surface area contributed by atoms with Crippen molar-refractivity contribution < 1.29 is 26.7 Å². The fraction of sp³-hybridized carbons (Fsp3) is 0.0833. The molecule has 0 aliphatic heterocycles. The van der Waals surface area contributed by atoms with E-state index in [1.807, 2.05) is 46.1 Å². The van der Waals surface area contributed by atoms with E-state index in [0.717, 1.165) is 24.5 Å². The molecule has 0 spiro atoms. The number of aromatic nitrogens is 4. The Balaban J connectivity index is 0.000000195. The molecule has 172 valence electrons. The fourth-order valence-corrected chi connectivity index (χ4v) is 2.96. The maximum atomic E-state index is 8.52. The van der Waals surface area contributed by atoms with Crippen LogP contribution >= 0.6 is 0 Å². The third-order valence-electron chi connectivity index (χ3n) is 4.42. The predicted octanol–water partition coefficient (Wildman–Crippen LogP) is 2.65. The van der Waals surface area contributed by atoms with E-state index in [1.165, 1.54) is 11.1 Å². The average Bonchev–Trinajstić information content (AvgIpc) is 3.43. The summed E-state index contributed by atoms with van der Waals surface area (Å²) in [6, 6.07) is 20.7. The molecule has 0 aliphatic rings. The van der Waals surface area contributed by atoms with Crippen LogP contribution in [0.4, 0.5) is 0 Å². The second-order valence-electron chi connectivity index (χ2n) is 6.73. The lowest BCUT2D eigenvalue weighted by Gasteiger charge is -2.06. The number of rotatable bonds is 6. The van der Waals surface area contributed by atoms with Gasteiger partial charge < -0.3 is 9.11 Å². The summed E-state index contributed by atoms with van der Waals surface area (Å²) in [4.78, 5) is 6.39. The highest BCUT2D eigenvalue weighted by Crippen LogP contribution is 2.04. The third-order valence-corrected chi connectivity index (χ3v) is 4.42. The number of hydrogen-bond acceptors (Lipinski definition) is 4. The smallest absolute Gasteiger partial charge is 0.263 e. The molecule has 0 saturated carbocycles. The van der Waals surface area contributed by atoms with Crippen molar-refractivity contribution in [3.05, 3.63) is 121 Å². The Hall–Kier alpha value is -3.79. The van der Waals surface area contributed by atoms with Gasteiger partial charge in [-0.25, -0.2) is 19.1 Å². The van der Waals surface area contributed by atoms with E-state index in [9.17, 15) is 0 Å². The molecule has 8 nitrogen and oxygen atoms in total. The summed E-state index contributed by atoms with van der Waals surface area (Å²) in [7, 11) is -5.17. The number of aromatic amines is 2. The van der Waals surface area contributed by atoms with E-state index in [2.05, 4.69) is 71.7 Å². The molecule has 9 heteroatoms. The molecule has 0 unspecified atom stereocenters. The van der Waals surface area contributed by atoms with Crippen LogP contribution in [0.3, 0.4) is 0 Å². The van der Waals surface area contributed by atoms with Crippen LogP contribution in [0.2, 0.25) is 0 Å². The Morgan fingerprint density at radius 3 is 1.36 bits per heavy atom. The van der Waals surface area contributed by atoms with Crippen molar-refractivity contribution in [3.8, 4) is 0 Å². The largest absolute Gasteiger partial charge is 0.759 e. The molecule has 2 N–H and O–H groups in total. The highest BCUT2D eigenvalue weighted by atomic mass is 32.3. The molecule has 0 saturated heterocycles. The zero-order valence-corrected chi connectivity index (χ0v) is 18.8. The predicted molar refractivity (Wildman–Crippen MR) is 124 cm³/mol. The van der Waals surface area contributed by atoms with Gasteiger partial charge in [-0.05, 0) is 11.1 Å². The Morgan fingerprint density at radius 1 is 0.727 bits per heavy atom. The van der Waals surface area contributed by atoms with Crippen LogP contribution in [0.25, 0.3) is 12.4 Å². The van der Waals surface area contributed by atoms with Crippen molar-refractivity contribution in [2.75, 3.05) is 0 Å². The molecule has 0 aliphatic carbocycles. The monoisotopic (exact) mass is 466 g/mol. The van der Waals surface area contributed by atoms with Gasteiger partial charge in [-0.15, -0.1) is 0 Å². The van der Waals surface area contributed by atoms with Crippen LogP contribution in [0.1, 0.15) is 22.8 Å². The minimum Gasteiger partial charge on any atom is -0.759 e. The quantitative estimate of drug-likeness (QED) is 0.258. The third kappa shape index (κ3) is 9.92. The zero-order chi connectivity index (χ0) is 24.1. The summed E-state index contributed by atoms with van der Waals surface area (Å²) in [5.74, 6) is 2.29. The van der Waals surface area contributed by atoms with Crippen molar-refractivity contribution in [1.29, 1.82) is 0 Å². The topological polar surface area (TPSA) is 120 Å². The summed E-state index contributed by atoms with van der Waals surface area (Å²) in [5, 5.41) is 0. The van der Waals surface area contributed by atoms with Crippen LogP contribution in [-0.2, 0) is 23.2 Å². The summed E-state index contributed by atoms with van der Waals surface area (Å²) in [6.07, 6.45) is 13.2. The van der Waals surface area contributed by atoms with E-state index >= 15 is 0 Å². The second kappa shape index (κ2) is 12.9. The van der Waals surface area contributed by atoms with Gasteiger partial charge in [-0.2, -0.15) is 0 Å². The van der Waals surface area contributed by atoms with Crippen LogP contribution in [0.5, 0.6) is 0 Å². The second-order valence-corrected chi connectivity index (χ2v) is 7.54. The van der Waals surface area contributed by atoms with E-state index in [4.69, 9.17) is 17.5 Å². The molecule has 0 fully saturated rings. The molecule has 2 aromatic carbocycles. The molecule has 0 radical (unpaired) electrons. The zero-order valence-electron chi connectivity index (χ0n) is 18.0. The summed E-state index contributed by atoms with van der Waals surface area (Å²) < 4.78 is 38.1. The highest BCUT2D eigenvalue weighted by Gasteiger charge is 2.08.